The maximum absolute atomic E-state index is 10.8. The van der Waals surface area contributed by atoms with Crippen molar-refractivity contribution < 1.29 is 9.90 Å². The van der Waals surface area contributed by atoms with Crippen molar-refractivity contribution in [2.75, 3.05) is 18.0 Å². The van der Waals surface area contributed by atoms with Crippen LogP contribution in [0.15, 0.2) is 18.3 Å². The summed E-state index contributed by atoms with van der Waals surface area (Å²) in [5.74, 6) is 0.347. The van der Waals surface area contributed by atoms with Gasteiger partial charge in [-0.05, 0) is 36.8 Å². The first-order valence-electron chi connectivity index (χ1n) is 6.19. The lowest BCUT2D eigenvalue weighted by molar-refractivity contribution is -0.138. The average Bonchev–Trinajstić information content (AvgIpc) is 2.97. The van der Waals surface area contributed by atoms with Gasteiger partial charge in [0.05, 0.1) is 5.92 Å². The minimum absolute atomic E-state index is 0.186. The molecule has 4 nitrogen and oxygen atoms in total. The van der Waals surface area contributed by atoms with Gasteiger partial charge in [-0.3, -0.25) is 4.79 Å². The van der Waals surface area contributed by atoms with E-state index in [1.165, 1.54) is 12.8 Å². The van der Waals surface area contributed by atoms with Crippen molar-refractivity contribution in [3.05, 3.63) is 23.9 Å². The second-order valence-corrected chi connectivity index (χ2v) is 4.93. The number of aromatic nitrogens is 1. The highest BCUT2D eigenvalue weighted by Crippen LogP contribution is 2.47. The number of pyridine rings is 1. The fourth-order valence-electron chi connectivity index (χ4n) is 2.59. The lowest BCUT2D eigenvalue weighted by Gasteiger charge is -2.16. The van der Waals surface area contributed by atoms with Crippen molar-refractivity contribution in [3.63, 3.8) is 0 Å². The maximum atomic E-state index is 10.8. The van der Waals surface area contributed by atoms with Crippen LogP contribution in [0.5, 0.6) is 0 Å². The van der Waals surface area contributed by atoms with Crippen molar-refractivity contribution in [1.82, 2.24) is 4.98 Å². The van der Waals surface area contributed by atoms with Crippen molar-refractivity contribution >= 4 is 11.8 Å². The Morgan fingerprint density at radius 3 is 2.65 bits per heavy atom. The highest BCUT2D eigenvalue weighted by atomic mass is 16.4. The Bertz CT molecular complexity index is 424. The van der Waals surface area contributed by atoms with Gasteiger partial charge in [-0.2, -0.15) is 0 Å². The molecule has 90 valence electrons. The van der Waals surface area contributed by atoms with Crippen LogP contribution < -0.4 is 4.90 Å². The molecule has 0 radical (unpaired) electrons. The molecular formula is C13H16N2O2. The number of carboxylic acids is 1. The van der Waals surface area contributed by atoms with Crippen LogP contribution in [0.3, 0.4) is 0 Å². The molecule has 2 fully saturated rings. The monoisotopic (exact) mass is 232 g/mol. The van der Waals surface area contributed by atoms with Crippen molar-refractivity contribution in [1.29, 1.82) is 0 Å². The van der Waals surface area contributed by atoms with E-state index in [9.17, 15) is 4.79 Å². The lowest BCUT2D eigenvalue weighted by atomic mass is 10.1. The summed E-state index contributed by atoms with van der Waals surface area (Å²) in [6.45, 7) is 2.18. The predicted molar refractivity (Wildman–Crippen MR) is 64.2 cm³/mol. The molecule has 0 amide bonds. The molecule has 3 rings (SSSR count). The van der Waals surface area contributed by atoms with Crippen LogP contribution in [-0.2, 0) is 4.79 Å². The van der Waals surface area contributed by atoms with E-state index >= 15 is 0 Å². The van der Waals surface area contributed by atoms with Gasteiger partial charge in [-0.1, -0.05) is 6.07 Å². The molecule has 1 aromatic rings. The quantitative estimate of drug-likeness (QED) is 0.864. The maximum Gasteiger partial charge on any atom is 0.307 e. The standard InChI is InChI=1S/C13H16N2O2/c16-13(17)11-7-10(11)9-3-4-12(14-8-9)15-5-1-2-6-15/h3-4,8,10-11H,1-2,5-7H2,(H,16,17). The molecule has 2 unspecified atom stereocenters. The van der Waals surface area contributed by atoms with Crippen molar-refractivity contribution in [2.24, 2.45) is 5.92 Å². The normalized spacial score (nSPS) is 27.2. The summed E-state index contributed by atoms with van der Waals surface area (Å²) >= 11 is 0. The van der Waals surface area contributed by atoms with Gasteiger partial charge >= 0.3 is 5.97 Å². The third-order valence-electron chi connectivity index (χ3n) is 3.74. The molecule has 1 saturated heterocycles. The second kappa shape index (κ2) is 4.02. The number of hydrogen-bond donors (Lipinski definition) is 1. The summed E-state index contributed by atoms with van der Waals surface area (Å²) < 4.78 is 0. The lowest BCUT2D eigenvalue weighted by Crippen LogP contribution is -2.18. The summed E-state index contributed by atoms with van der Waals surface area (Å²) in [6.07, 6.45) is 5.10. The minimum Gasteiger partial charge on any atom is -0.481 e. The largest absolute Gasteiger partial charge is 0.481 e. The Morgan fingerprint density at radius 1 is 1.35 bits per heavy atom. The van der Waals surface area contributed by atoms with E-state index in [0.717, 1.165) is 30.9 Å². The van der Waals surface area contributed by atoms with E-state index in [2.05, 4.69) is 9.88 Å². The Kier molecular flexibility index (Phi) is 2.50. The number of hydrogen-bond acceptors (Lipinski definition) is 3. The summed E-state index contributed by atoms with van der Waals surface area (Å²) in [4.78, 5) is 17.5. The number of nitrogens with zero attached hydrogens (tertiary/aromatic N) is 2. The zero-order valence-electron chi connectivity index (χ0n) is 9.67. The van der Waals surface area contributed by atoms with Gasteiger partial charge in [-0.25, -0.2) is 4.98 Å². The topological polar surface area (TPSA) is 53.4 Å². The van der Waals surface area contributed by atoms with E-state index in [4.69, 9.17) is 5.11 Å². The Labute approximate surface area is 100 Å². The van der Waals surface area contributed by atoms with E-state index in [0.29, 0.717) is 0 Å². The molecule has 1 saturated carbocycles. The van der Waals surface area contributed by atoms with Gasteiger partial charge < -0.3 is 10.0 Å². The molecule has 0 aromatic carbocycles. The van der Waals surface area contributed by atoms with Crippen LogP contribution in [-0.4, -0.2) is 29.1 Å². The molecular weight excluding hydrogens is 216 g/mol. The molecule has 2 atom stereocenters. The van der Waals surface area contributed by atoms with Crippen LogP contribution in [0, 0.1) is 5.92 Å². The SMILES string of the molecule is O=C(O)C1CC1c1ccc(N2CCCC2)nc1. The molecule has 4 heteroatoms. The van der Waals surface area contributed by atoms with Gasteiger partial charge in [0.25, 0.3) is 0 Å². The third-order valence-corrected chi connectivity index (χ3v) is 3.74. The van der Waals surface area contributed by atoms with Gasteiger partial charge in [0.2, 0.25) is 0 Å². The molecule has 2 heterocycles. The van der Waals surface area contributed by atoms with E-state index < -0.39 is 5.97 Å². The van der Waals surface area contributed by atoms with Crippen LogP contribution in [0.2, 0.25) is 0 Å². The number of carboxylic acid groups (broad SMARTS) is 1. The van der Waals surface area contributed by atoms with E-state index in [1.807, 2.05) is 18.3 Å². The fraction of sp³-hybridized carbons (Fsp3) is 0.538. The number of rotatable bonds is 3. The predicted octanol–water partition coefficient (Wildman–Crippen LogP) is 1.87. The van der Waals surface area contributed by atoms with E-state index in [-0.39, 0.29) is 11.8 Å². The second-order valence-electron chi connectivity index (χ2n) is 4.93. The first-order valence-corrected chi connectivity index (χ1v) is 6.19. The number of anilines is 1. The summed E-state index contributed by atoms with van der Waals surface area (Å²) in [6, 6.07) is 4.06. The molecule has 1 N–H and O–H groups in total. The van der Waals surface area contributed by atoms with Gasteiger partial charge in [0, 0.05) is 19.3 Å². The highest BCUT2D eigenvalue weighted by Gasteiger charge is 2.44. The van der Waals surface area contributed by atoms with Gasteiger partial charge in [-0.15, -0.1) is 0 Å². The van der Waals surface area contributed by atoms with Crippen molar-refractivity contribution in [3.8, 4) is 0 Å². The molecule has 0 spiro atoms. The van der Waals surface area contributed by atoms with E-state index in [1.54, 1.807) is 0 Å². The third kappa shape index (κ3) is 1.99. The molecule has 2 aliphatic rings. The smallest absolute Gasteiger partial charge is 0.307 e. The highest BCUT2D eigenvalue weighted by molar-refractivity contribution is 5.75. The van der Waals surface area contributed by atoms with Crippen LogP contribution in [0.25, 0.3) is 0 Å². The Hall–Kier alpha value is -1.58. The Morgan fingerprint density at radius 2 is 2.12 bits per heavy atom. The van der Waals surface area contributed by atoms with Gasteiger partial charge in [0.15, 0.2) is 0 Å². The van der Waals surface area contributed by atoms with Crippen LogP contribution in [0.4, 0.5) is 5.82 Å². The molecule has 17 heavy (non-hydrogen) atoms. The average molecular weight is 232 g/mol. The zero-order chi connectivity index (χ0) is 11.8. The first kappa shape index (κ1) is 10.6. The Balaban J connectivity index is 1.70. The van der Waals surface area contributed by atoms with Crippen LogP contribution >= 0.6 is 0 Å². The summed E-state index contributed by atoms with van der Waals surface area (Å²) in [5, 5.41) is 8.88. The molecule has 0 bridgehead atoms. The molecule has 1 aliphatic heterocycles. The first-order chi connectivity index (χ1) is 8.25. The zero-order valence-corrected chi connectivity index (χ0v) is 9.67. The number of carbonyl (C=O) groups is 1. The molecule has 1 aliphatic carbocycles. The number of aliphatic carboxylic acids is 1. The van der Waals surface area contributed by atoms with Crippen molar-refractivity contribution in [2.45, 2.75) is 25.2 Å². The van der Waals surface area contributed by atoms with Gasteiger partial charge in [0.1, 0.15) is 5.82 Å². The molecule has 1 aromatic heterocycles. The minimum atomic E-state index is -0.682. The van der Waals surface area contributed by atoms with Crippen LogP contribution in [0.1, 0.15) is 30.7 Å². The summed E-state index contributed by atoms with van der Waals surface area (Å²) in [5.41, 5.74) is 1.07. The summed E-state index contributed by atoms with van der Waals surface area (Å²) in [7, 11) is 0. The fourth-order valence-corrected chi connectivity index (χ4v) is 2.59.